The molecule has 0 aliphatic heterocycles. The third kappa shape index (κ3) is 3.73. The van der Waals surface area contributed by atoms with Crippen molar-refractivity contribution >= 4 is 11.9 Å². The van der Waals surface area contributed by atoms with E-state index in [4.69, 9.17) is 4.74 Å². The summed E-state index contributed by atoms with van der Waals surface area (Å²) in [5.41, 5.74) is 3.88. The molecule has 1 saturated carbocycles. The molecular formula is C26H24O4. The Morgan fingerprint density at radius 1 is 0.833 bits per heavy atom. The monoisotopic (exact) mass is 400 g/mol. The summed E-state index contributed by atoms with van der Waals surface area (Å²) < 4.78 is 5.71. The Labute approximate surface area is 176 Å². The molecule has 3 aromatic rings. The van der Waals surface area contributed by atoms with Gasteiger partial charge >= 0.3 is 11.9 Å². The summed E-state index contributed by atoms with van der Waals surface area (Å²) in [4.78, 5) is 24.8. The first-order valence-electron chi connectivity index (χ1n) is 10.2. The van der Waals surface area contributed by atoms with Crippen LogP contribution >= 0.6 is 0 Å². The van der Waals surface area contributed by atoms with E-state index < -0.39 is 17.8 Å². The number of hydrogen-bond donors (Lipinski definition) is 1. The van der Waals surface area contributed by atoms with Crippen LogP contribution in [-0.2, 0) is 20.9 Å². The highest BCUT2D eigenvalue weighted by molar-refractivity contribution is 5.82. The predicted octanol–water partition coefficient (Wildman–Crippen LogP) is 5.15. The number of rotatable bonds is 6. The van der Waals surface area contributed by atoms with Gasteiger partial charge in [-0.25, -0.2) is 0 Å². The van der Waals surface area contributed by atoms with Crippen molar-refractivity contribution in [3.63, 3.8) is 0 Å². The van der Waals surface area contributed by atoms with Crippen LogP contribution in [0.25, 0.3) is 11.1 Å². The number of benzene rings is 3. The first kappa shape index (κ1) is 19.9. The van der Waals surface area contributed by atoms with Crippen LogP contribution < -0.4 is 0 Å². The molecule has 0 bridgehead atoms. The fraction of sp³-hybridized carbons (Fsp3) is 0.231. The number of carbonyl (C=O) groups excluding carboxylic acids is 1. The van der Waals surface area contributed by atoms with Crippen LogP contribution in [0.5, 0.6) is 0 Å². The minimum Gasteiger partial charge on any atom is -0.481 e. The average molecular weight is 400 g/mol. The molecule has 0 amide bonds. The zero-order valence-corrected chi connectivity index (χ0v) is 16.8. The molecule has 1 unspecified atom stereocenters. The van der Waals surface area contributed by atoms with E-state index in [0.29, 0.717) is 0 Å². The molecule has 4 rings (SSSR count). The van der Waals surface area contributed by atoms with Gasteiger partial charge in [0.05, 0.1) is 11.8 Å². The molecule has 1 N–H and O–H groups in total. The topological polar surface area (TPSA) is 63.6 Å². The third-order valence-corrected chi connectivity index (χ3v) is 6.12. The molecule has 3 aromatic carbocycles. The molecule has 152 valence electrons. The van der Waals surface area contributed by atoms with Crippen LogP contribution in [0.1, 0.15) is 24.0 Å². The lowest BCUT2D eigenvalue weighted by Gasteiger charge is -2.47. The molecule has 4 nitrogen and oxygen atoms in total. The van der Waals surface area contributed by atoms with E-state index in [2.05, 4.69) is 0 Å². The summed E-state index contributed by atoms with van der Waals surface area (Å²) >= 11 is 0. The first-order valence-corrected chi connectivity index (χ1v) is 10.2. The molecule has 0 radical (unpaired) electrons. The van der Waals surface area contributed by atoms with E-state index in [-0.39, 0.29) is 24.4 Å². The standard InChI is InChI=1S/C26H24O4/c1-17-22(25(27)28)24(19-12-6-3-7-13-19)23(17)26(29)30-16-20-14-8-9-15-21(20)18-10-4-2-5-11-18/h2-15,17,22-24H,16H2,1H3,(H,27,28)/t17-,22-,23?,24+/m1/s1. The Balaban J connectivity index is 1.53. The van der Waals surface area contributed by atoms with Crippen LogP contribution in [0.2, 0.25) is 0 Å². The zero-order valence-electron chi connectivity index (χ0n) is 16.8. The van der Waals surface area contributed by atoms with E-state index in [0.717, 1.165) is 22.3 Å². The summed E-state index contributed by atoms with van der Waals surface area (Å²) in [5, 5.41) is 9.65. The number of ether oxygens (including phenoxy) is 1. The maximum atomic E-state index is 13.0. The van der Waals surface area contributed by atoms with Gasteiger partial charge in [0.1, 0.15) is 6.61 Å². The van der Waals surface area contributed by atoms with Crippen molar-refractivity contribution in [2.24, 2.45) is 17.8 Å². The highest BCUT2D eigenvalue weighted by atomic mass is 16.5. The molecule has 0 heterocycles. The molecule has 0 aromatic heterocycles. The Morgan fingerprint density at radius 2 is 1.43 bits per heavy atom. The maximum Gasteiger partial charge on any atom is 0.310 e. The van der Waals surface area contributed by atoms with Crippen LogP contribution in [0.4, 0.5) is 0 Å². The SMILES string of the molecule is C[C@H]1C(C(=O)OCc2ccccc2-c2ccccc2)[C@@H](c2ccccc2)[C@@H]1C(=O)O. The number of aliphatic carboxylic acids is 1. The largest absolute Gasteiger partial charge is 0.481 e. The van der Waals surface area contributed by atoms with Crippen molar-refractivity contribution in [1.82, 2.24) is 0 Å². The van der Waals surface area contributed by atoms with Gasteiger partial charge in [0.2, 0.25) is 0 Å². The molecule has 1 aliphatic carbocycles. The van der Waals surface area contributed by atoms with Gasteiger partial charge in [0, 0.05) is 5.92 Å². The van der Waals surface area contributed by atoms with Crippen molar-refractivity contribution in [3.8, 4) is 11.1 Å². The summed E-state index contributed by atoms with van der Waals surface area (Å²) in [7, 11) is 0. The molecule has 4 atom stereocenters. The van der Waals surface area contributed by atoms with Gasteiger partial charge in [-0.3, -0.25) is 9.59 Å². The van der Waals surface area contributed by atoms with Gasteiger partial charge < -0.3 is 9.84 Å². The number of esters is 1. The summed E-state index contributed by atoms with van der Waals surface area (Å²) in [6.07, 6.45) is 0. The van der Waals surface area contributed by atoms with E-state index in [1.807, 2.05) is 91.9 Å². The summed E-state index contributed by atoms with van der Waals surface area (Å²) in [5.74, 6) is -2.88. The second kappa shape index (κ2) is 8.54. The Kier molecular flexibility index (Phi) is 5.66. The average Bonchev–Trinajstić information content (AvgIpc) is 2.77. The molecule has 1 aliphatic rings. The number of carboxylic acid groups (broad SMARTS) is 1. The van der Waals surface area contributed by atoms with Crippen molar-refractivity contribution in [2.45, 2.75) is 19.4 Å². The van der Waals surface area contributed by atoms with Crippen molar-refractivity contribution < 1.29 is 19.4 Å². The van der Waals surface area contributed by atoms with E-state index in [1.165, 1.54) is 0 Å². The predicted molar refractivity (Wildman–Crippen MR) is 115 cm³/mol. The lowest BCUT2D eigenvalue weighted by Crippen LogP contribution is -2.51. The van der Waals surface area contributed by atoms with Crippen molar-refractivity contribution in [3.05, 3.63) is 96.1 Å². The molecule has 30 heavy (non-hydrogen) atoms. The quantitative estimate of drug-likeness (QED) is 0.582. The first-order chi connectivity index (χ1) is 14.6. The summed E-state index contributed by atoms with van der Waals surface area (Å²) in [6.45, 7) is 1.98. The van der Waals surface area contributed by atoms with Gasteiger partial charge in [-0.05, 0) is 28.2 Å². The Morgan fingerprint density at radius 3 is 2.10 bits per heavy atom. The van der Waals surface area contributed by atoms with Crippen LogP contribution in [-0.4, -0.2) is 17.0 Å². The Hall–Kier alpha value is -3.40. The molecule has 0 spiro atoms. The fourth-order valence-electron chi connectivity index (χ4n) is 4.58. The van der Waals surface area contributed by atoms with Gasteiger partial charge in [-0.15, -0.1) is 0 Å². The minimum absolute atomic E-state index is 0.159. The summed E-state index contributed by atoms with van der Waals surface area (Å²) in [6, 6.07) is 27.2. The fourth-order valence-corrected chi connectivity index (χ4v) is 4.58. The molecule has 1 fully saturated rings. The van der Waals surface area contributed by atoms with Crippen molar-refractivity contribution in [1.29, 1.82) is 0 Å². The zero-order chi connectivity index (χ0) is 21.1. The van der Waals surface area contributed by atoms with Gasteiger partial charge in [0.15, 0.2) is 0 Å². The number of carboxylic acids is 1. The lowest BCUT2D eigenvalue weighted by atomic mass is 9.55. The third-order valence-electron chi connectivity index (χ3n) is 6.12. The van der Waals surface area contributed by atoms with E-state index in [9.17, 15) is 14.7 Å². The number of carbonyl (C=O) groups is 2. The van der Waals surface area contributed by atoms with E-state index in [1.54, 1.807) is 0 Å². The highest BCUT2D eigenvalue weighted by Crippen LogP contribution is 2.52. The van der Waals surface area contributed by atoms with Crippen LogP contribution in [0.15, 0.2) is 84.9 Å². The van der Waals surface area contributed by atoms with Gasteiger partial charge in [-0.1, -0.05) is 91.9 Å². The second-order valence-corrected chi connectivity index (χ2v) is 7.82. The lowest BCUT2D eigenvalue weighted by molar-refractivity contribution is -0.169. The normalized spacial score (nSPS) is 22.7. The van der Waals surface area contributed by atoms with Crippen LogP contribution in [0, 0.1) is 17.8 Å². The van der Waals surface area contributed by atoms with Crippen molar-refractivity contribution in [2.75, 3.05) is 0 Å². The maximum absolute atomic E-state index is 13.0. The van der Waals surface area contributed by atoms with Gasteiger partial charge in [0.25, 0.3) is 0 Å². The molecular weight excluding hydrogens is 376 g/mol. The Bertz CT molecular complexity index is 1030. The highest BCUT2D eigenvalue weighted by Gasteiger charge is 2.56. The smallest absolute Gasteiger partial charge is 0.310 e. The number of hydrogen-bond acceptors (Lipinski definition) is 3. The molecule has 0 saturated heterocycles. The van der Waals surface area contributed by atoms with Gasteiger partial charge in [-0.2, -0.15) is 0 Å². The van der Waals surface area contributed by atoms with E-state index >= 15 is 0 Å². The second-order valence-electron chi connectivity index (χ2n) is 7.82. The molecule has 4 heteroatoms. The minimum atomic E-state index is -0.866. The van der Waals surface area contributed by atoms with Crippen LogP contribution in [0.3, 0.4) is 0 Å².